The number of benzene rings is 1. The zero-order valence-corrected chi connectivity index (χ0v) is 13.7. The molecule has 1 amide bonds. The molecule has 0 saturated carbocycles. The van der Waals surface area contributed by atoms with Gasteiger partial charge in [0.15, 0.2) is 5.16 Å². The SMILES string of the molecule is CSc1nc(C)cc(C(=O)N(C)Cc2ccc(Cl)cc2)n1. The largest absolute Gasteiger partial charge is 0.336 e. The van der Waals surface area contributed by atoms with Crippen LogP contribution in [0.4, 0.5) is 0 Å². The standard InChI is InChI=1S/C15H16ClN3OS/c1-10-8-13(18-15(17-10)21-3)14(20)19(2)9-11-4-6-12(16)7-5-11/h4-8H,9H2,1-3H3. The Labute approximate surface area is 133 Å². The highest BCUT2D eigenvalue weighted by atomic mass is 35.5. The summed E-state index contributed by atoms with van der Waals surface area (Å²) in [7, 11) is 1.76. The molecule has 2 rings (SSSR count). The van der Waals surface area contributed by atoms with E-state index in [0.717, 1.165) is 11.3 Å². The molecular formula is C15H16ClN3OS. The van der Waals surface area contributed by atoms with Gasteiger partial charge in [0.2, 0.25) is 0 Å². The van der Waals surface area contributed by atoms with E-state index in [4.69, 9.17) is 11.6 Å². The zero-order chi connectivity index (χ0) is 15.4. The lowest BCUT2D eigenvalue weighted by Gasteiger charge is -2.17. The normalized spacial score (nSPS) is 10.5. The Hall–Kier alpha value is -1.59. The smallest absolute Gasteiger partial charge is 0.272 e. The van der Waals surface area contributed by atoms with Gasteiger partial charge in [-0.2, -0.15) is 0 Å². The van der Waals surface area contributed by atoms with Crippen molar-refractivity contribution in [2.45, 2.75) is 18.6 Å². The van der Waals surface area contributed by atoms with Crippen LogP contribution in [0.15, 0.2) is 35.5 Å². The fourth-order valence-electron chi connectivity index (χ4n) is 1.87. The Morgan fingerprint density at radius 3 is 2.57 bits per heavy atom. The summed E-state index contributed by atoms with van der Waals surface area (Å²) in [5.41, 5.74) is 2.23. The first-order valence-corrected chi connectivity index (χ1v) is 7.99. The number of nitrogens with zero attached hydrogens (tertiary/aromatic N) is 3. The number of carbonyl (C=O) groups excluding carboxylic acids is 1. The molecular weight excluding hydrogens is 306 g/mol. The summed E-state index contributed by atoms with van der Waals surface area (Å²) < 4.78 is 0. The van der Waals surface area contributed by atoms with Crippen molar-refractivity contribution in [3.05, 3.63) is 52.3 Å². The van der Waals surface area contributed by atoms with E-state index in [0.29, 0.717) is 22.4 Å². The van der Waals surface area contributed by atoms with Crippen molar-refractivity contribution in [3.8, 4) is 0 Å². The van der Waals surface area contributed by atoms with Crippen molar-refractivity contribution in [1.29, 1.82) is 0 Å². The van der Waals surface area contributed by atoms with Crippen LogP contribution in [-0.2, 0) is 6.54 Å². The van der Waals surface area contributed by atoms with Crippen molar-refractivity contribution >= 4 is 29.3 Å². The molecule has 0 aliphatic rings. The summed E-state index contributed by atoms with van der Waals surface area (Å²) in [4.78, 5) is 22.6. The highest BCUT2D eigenvalue weighted by Gasteiger charge is 2.15. The lowest BCUT2D eigenvalue weighted by molar-refractivity contribution is 0.0778. The highest BCUT2D eigenvalue weighted by molar-refractivity contribution is 7.98. The number of amides is 1. The number of hydrogen-bond acceptors (Lipinski definition) is 4. The number of thioether (sulfide) groups is 1. The zero-order valence-electron chi connectivity index (χ0n) is 12.1. The average Bonchev–Trinajstić information content (AvgIpc) is 2.48. The van der Waals surface area contributed by atoms with E-state index in [9.17, 15) is 4.79 Å². The Morgan fingerprint density at radius 1 is 1.29 bits per heavy atom. The maximum Gasteiger partial charge on any atom is 0.272 e. The average molecular weight is 322 g/mol. The van der Waals surface area contributed by atoms with Crippen LogP contribution in [-0.4, -0.2) is 34.1 Å². The molecule has 2 aromatic rings. The summed E-state index contributed by atoms with van der Waals surface area (Å²) in [6.45, 7) is 2.37. The van der Waals surface area contributed by atoms with Crippen molar-refractivity contribution in [2.24, 2.45) is 0 Å². The quantitative estimate of drug-likeness (QED) is 0.639. The fraction of sp³-hybridized carbons (Fsp3) is 0.267. The maximum absolute atomic E-state index is 12.4. The van der Waals surface area contributed by atoms with E-state index < -0.39 is 0 Å². The van der Waals surface area contributed by atoms with E-state index in [1.807, 2.05) is 37.4 Å². The van der Waals surface area contributed by atoms with Crippen molar-refractivity contribution in [3.63, 3.8) is 0 Å². The van der Waals surface area contributed by atoms with Crippen molar-refractivity contribution in [1.82, 2.24) is 14.9 Å². The second kappa shape index (κ2) is 6.91. The second-order valence-electron chi connectivity index (χ2n) is 4.67. The molecule has 0 unspecified atom stereocenters. The van der Waals surface area contributed by atoms with Gasteiger partial charge in [0.25, 0.3) is 5.91 Å². The lowest BCUT2D eigenvalue weighted by Crippen LogP contribution is -2.27. The summed E-state index contributed by atoms with van der Waals surface area (Å²) in [5.74, 6) is -0.120. The van der Waals surface area contributed by atoms with Gasteiger partial charge in [0, 0.05) is 24.3 Å². The minimum atomic E-state index is -0.120. The molecule has 0 atom stereocenters. The van der Waals surface area contributed by atoms with Crippen molar-refractivity contribution < 1.29 is 4.79 Å². The van der Waals surface area contributed by atoms with E-state index in [1.165, 1.54) is 11.8 Å². The van der Waals surface area contributed by atoms with Crippen LogP contribution in [0.25, 0.3) is 0 Å². The summed E-state index contributed by atoms with van der Waals surface area (Å²) >= 11 is 7.28. The lowest BCUT2D eigenvalue weighted by atomic mass is 10.2. The minimum Gasteiger partial charge on any atom is -0.336 e. The summed E-state index contributed by atoms with van der Waals surface area (Å²) in [6, 6.07) is 9.15. The minimum absolute atomic E-state index is 0.120. The van der Waals surface area contributed by atoms with Crippen LogP contribution < -0.4 is 0 Å². The Bertz CT molecular complexity index is 646. The maximum atomic E-state index is 12.4. The second-order valence-corrected chi connectivity index (χ2v) is 5.88. The molecule has 0 radical (unpaired) electrons. The molecule has 6 heteroatoms. The van der Waals surface area contributed by atoms with Gasteiger partial charge in [-0.1, -0.05) is 35.5 Å². The van der Waals surface area contributed by atoms with Crippen LogP contribution in [0.3, 0.4) is 0 Å². The highest BCUT2D eigenvalue weighted by Crippen LogP contribution is 2.14. The van der Waals surface area contributed by atoms with Gasteiger partial charge in [-0.25, -0.2) is 9.97 Å². The van der Waals surface area contributed by atoms with Gasteiger partial charge >= 0.3 is 0 Å². The third-order valence-corrected chi connectivity index (χ3v) is 3.71. The van der Waals surface area contributed by atoms with Crippen LogP contribution in [0.2, 0.25) is 5.02 Å². The first-order chi connectivity index (χ1) is 9.99. The third kappa shape index (κ3) is 4.19. The van der Waals surface area contributed by atoms with Crippen molar-refractivity contribution in [2.75, 3.05) is 13.3 Å². The Balaban J connectivity index is 2.15. The topological polar surface area (TPSA) is 46.1 Å². The fourth-order valence-corrected chi connectivity index (χ4v) is 2.42. The van der Waals surface area contributed by atoms with E-state index in [1.54, 1.807) is 18.0 Å². The Morgan fingerprint density at radius 2 is 1.95 bits per heavy atom. The molecule has 0 aliphatic heterocycles. The Kier molecular flexibility index (Phi) is 5.20. The molecule has 0 saturated heterocycles. The molecule has 1 aromatic carbocycles. The molecule has 21 heavy (non-hydrogen) atoms. The molecule has 0 bridgehead atoms. The van der Waals surface area contributed by atoms with Gasteiger partial charge in [0.05, 0.1) is 0 Å². The van der Waals surface area contributed by atoms with Gasteiger partial charge in [0.1, 0.15) is 5.69 Å². The number of rotatable bonds is 4. The molecule has 0 aliphatic carbocycles. The van der Waals surface area contributed by atoms with Gasteiger partial charge in [-0.3, -0.25) is 4.79 Å². The number of aromatic nitrogens is 2. The molecule has 0 spiro atoms. The predicted molar refractivity (Wildman–Crippen MR) is 85.8 cm³/mol. The number of aryl methyl sites for hydroxylation is 1. The van der Waals surface area contributed by atoms with E-state index in [2.05, 4.69) is 9.97 Å². The van der Waals surface area contributed by atoms with E-state index >= 15 is 0 Å². The van der Waals surface area contributed by atoms with Gasteiger partial charge < -0.3 is 4.90 Å². The van der Waals surface area contributed by atoms with Crippen LogP contribution >= 0.6 is 23.4 Å². The first kappa shape index (κ1) is 15.8. The monoisotopic (exact) mass is 321 g/mol. The predicted octanol–water partition coefficient (Wildman–Crippen LogP) is 3.43. The van der Waals surface area contributed by atoms with Gasteiger partial charge in [-0.05, 0) is 36.9 Å². The molecule has 1 heterocycles. The first-order valence-electron chi connectivity index (χ1n) is 6.39. The van der Waals surface area contributed by atoms with Gasteiger partial charge in [-0.15, -0.1) is 0 Å². The molecule has 0 fully saturated rings. The summed E-state index contributed by atoms with van der Waals surface area (Å²) in [5, 5.41) is 1.29. The number of carbonyl (C=O) groups is 1. The number of halogens is 1. The molecule has 110 valence electrons. The number of hydrogen-bond donors (Lipinski definition) is 0. The van der Waals surface area contributed by atoms with E-state index in [-0.39, 0.29) is 5.91 Å². The van der Waals surface area contributed by atoms with Crippen LogP contribution in [0.1, 0.15) is 21.7 Å². The molecule has 1 aromatic heterocycles. The van der Waals surface area contributed by atoms with Crippen LogP contribution in [0, 0.1) is 6.92 Å². The van der Waals surface area contributed by atoms with Crippen LogP contribution in [0.5, 0.6) is 0 Å². The molecule has 0 N–H and O–H groups in total. The summed E-state index contributed by atoms with van der Waals surface area (Å²) in [6.07, 6.45) is 1.89. The third-order valence-electron chi connectivity index (χ3n) is 2.92. The molecule has 4 nitrogen and oxygen atoms in total.